The minimum atomic E-state index is -0.464. The van der Waals surface area contributed by atoms with Crippen LogP contribution in [0, 0.1) is 0 Å². The molecule has 0 bridgehead atoms. The van der Waals surface area contributed by atoms with Gasteiger partial charge in [-0.05, 0) is 53.0 Å². The van der Waals surface area contributed by atoms with Crippen molar-refractivity contribution in [2.45, 2.75) is 83.6 Å². The Kier molecular flexibility index (Phi) is 5.57. The molecule has 2 aliphatic heterocycles. The highest BCUT2D eigenvalue weighted by Crippen LogP contribution is 2.31. The van der Waals surface area contributed by atoms with Gasteiger partial charge in [-0.15, -0.1) is 10.2 Å². The van der Waals surface area contributed by atoms with E-state index in [1.165, 1.54) is 25.7 Å². The van der Waals surface area contributed by atoms with E-state index < -0.39 is 6.10 Å². The van der Waals surface area contributed by atoms with Crippen molar-refractivity contribution in [1.82, 2.24) is 19.7 Å². The summed E-state index contributed by atoms with van der Waals surface area (Å²) < 4.78 is 8.06. The van der Waals surface area contributed by atoms with Crippen molar-refractivity contribution in [1.29, 1.82) is 0 Å². The summed E-state index contributed by atoms with van der Waals surface area (Å²) in [5.74, 6) is 2.24. The van der Waals surface area contributed by atoms with Crippen LogP contribution in [0.4, 0.5) is 0 Å². The molecule has 1 fully saturated rings. The lowest BCUT2D eigenvalue weighted by molar-refractivity contribution is -0.0615. The number of aryl methyl sites for hydroxylation is 1. The van der Waals surface area contributed by atoms with Gasteiger partial charge < -0.3 is 14.4 Å². The number of piperidine rings is 1. The Hall–Kier alpha value is -0.980. The minimum absolute atomic E-state index is 0.214. The van der Waals surface area contributed by atoms with E-state index in [9.17, 15) is 5.11 Å². The monoisotopic (exact) mass is 336 g/mol. The quantitative estimate of drug-likeness (QED) is 0.894. The zero-order valence-electron chi connectivity index (χ0n) is 15.4. The van der Waals surface area contributed by atoms with Gasteiger partial charge in [-0.2, -0.15) is 0 Å². The molecule has 0 radical (unpaired) electrons. The topological polar surface area (TPSA) is 63.4 Å². The third kappa shape index (κ3) is 4.35. The number of aliphatic hydroxyl groups is 1. The molecule has 3 rings (SSSR count). The zero-order valence-corrected chi connectivity index (χ0v) is 15.4. The predicted octanol–water partition coefficient (Wildman–Crippen LogP) is 2.32. The van der Waals surface area contributed by atoms with Crippen LogP contribution in [0.15, 0.2) is 0 Å². The van der Waals surface area contributed by atoms with Gasteiger partial charge in [0.25, 0.3) is 0 Å². The van der Waals surface area contributed by atoms with Crippen LogP contribution in [0.2, 0.25) is 0 Å². The number of fused-ring (bicyclic) bond motifs is 1. The molecule has 2 aliphatic rings. The fourth-order valence-electron chi connectivity index (χ4n) is 3.75. The molecule has 0 aromatic carbocycles. The van der Waals surface area contributed by atoms with Crippen molar-refractivity contribution < 1.29 is 9.84 Å². The molecule has 24 heavy (non-hydrogen) atoms. The molecular formula is C18H32N4O2. The molecular weight excluding hydrogens is 304 g/mol. The molecule has 2 atom stereocenters. The van der Waals surface area contributed by atoms with Crippen molar-refractivity contribution in [2.24, 2.45) is 0 Å². The summed E-state index contributed by atoms with van der Waals surface area (Å²) in [6, 6.07) is 0.280. The van der Waals surface area contributed by atoms with Gasteiger partial charge in [0, 0.05) is 19.5 Å². The first-order chi connectivity index (χ1) is 11.4. The lowest BCUT2D eigenvalue weighted by Crippen LogP contribution is -2.42. The molecule has 1 aromatic rings. The van der Waals surface area contributed by atoms with E-state index in [1.54, 1.807) is 0 Å². The molecule has 1 saturated heterocycles. The van der Waals surface area contributed by atoms with E-state index in [4.69, 9.17) is 4.74 Å². The number of β-amino-alcohol motifs (C(OH)–C–C–N with tert-alkyl or cyclic N) is 1. The summed E-state index contributed by atoms with van der Waals surface area (Å²) in [6.45, 7) is 9.13. The summed E-state index contributed by atoms with van der Waals surface area (Å²) >= 11 is 0. The fraction of sp³-hybridized carbons (Fsp3) is 0.889. The molecule has 1 N–H and O–H groups in total. The molecule has 1 aromatic heterocycles. The van der Waals surface area contributed by atoms with Gasteiger partial charge in [0.05, 0.1) is 24.4 Å². The number of likely N-dealkylation sites (tertiary alicyclic amines) is 1. The molecule has 0 unspecified atom stereocenters. The number of rotatable bonds is 5. The Morgan fingerprint density at radius 2 is 1.96 bits per heavy atom. The van der Waals surface area contributed by atoms with Crippen LogP contribution >= 0.6 is 0 Å². The SMILES string of the molecule is CC(C)(C)OC[C@H](O)CN1CCCC[C@@H]1c1nnc2n1CCCC2. The van der Waals surface area contributed by atoms with Gasteiger partial charge in [0.1, 0.15) is 11.6 Å². The second-order valence-corrected chi connectivity index (χ2v) is 8.17. The number of nitrogens with zero attached hydrogens (tertiary/aromatic N) is 4. The van der Waals surface area contributed by atoms with E-state index >= 15 is 0 Å². The van der Waals surface area contributed by atoms with E-state index in [0.717, 1.165) is 37.6 Å². The Morgan fingerprint density at radius 1 is 1.17 bits per heavy atom. The first kappa shape index (κ1) is 17.8. The van der Waals surface area contributed by atoms with Gasteiger partial charge >= 0.3 is 0 Å². The third-order valence-corrected chi connectivity index (χ3v) is 4.95. The maximum atomic E-state index is 10.4. The maximum Gasteiger partial charge on any atom is 0.150 e. The van der Waals surface area contributed by atoms with Crippen LogP contribution in [-0.2, 0) is 17.7 Å². The Labute approximate surface area is 145 Å². The van der Waals surface area contributed by atoms with Gasteiger partial charge in [-0.1, -0.05) is 6.42 Å². The number of ether oxygens (including phenoxy) is 1. The van der Waals surface area contributed by atoms with Crippen LogP contribution in [0.3, 0.4) is 0 Å². The average molecular weight is 336 g/mol. The largest absolute Gasteiger partial charge is 0.389 e. The molecule has 6 heteroatoms. The van der Waals surface area contributed by atoms with Gasteiger partial charge in [0.15, 0.2) is 0 Å². The molecule has 0 spiro atoms. The van der Waals surface area contributed by atoms with Crippen molar-refractivity contribution in [3.63, 3.8) is 0 Å². The van der Waals surface area contributed by atoms with Crippen LogP contribution in [-0.4, -0.2) is 56.2 Å². The maximum absolute atomic E-state index is 10.4. The summed E-state index contributed by atoms with van der Waals surface area (Å²) in [5, 5.41) is 19.3. The molecule has 0 saturated carbocycles. The van der Waals surface area contributed by atoms with E-state index in [0.29, 0.717) is 13.2 Å². The zero-order chi connectivity index (χ0) is 17.2. The number of hydrogen-bond donors (Lipinski definition) is 1. The first-order valence-electron chi connectivity index (χ1n) is 9.42. The number of hydrogen-bond acceptors (Lipinski definition) is 5. The third-order valence-electron chi connectivity index (χ3n) is 4.95. The van der Waals surface area contributed by atoms with E-state index in [2.05, 4.69) is 19.7 Å². The molecule has 6 nitrogen and oxygen atoms in total. The van der Waals surface area contributed by atoms with Gasteiger partial charge in [-0.25, -0.2) is 0 Å². The van der Waals surface area contributed by atoms with Gasteiger partial charge in [-0.3, -0.25) is 4.90 Å². The minimum Gasteiger partial charge on any atom is -0.389 e. The highest BCUT2D eigenvalue weighted by atomic mass is 16.5. The number of aliphatic hydroxyl groups excluding tert-OH is 1. The molecule has 0 aliphatic carbocycles. The first-order valence-corrected chi connectivity index (χ1v) is 9.42. The van der Waals surface area contributed by atoms with Crippen molar-refractivity contribution >= 4 is 0 Å². The second kappa shape index (κ2) is 7.50. The lowest BCUT2D eigenvalue weighted by Gasteiger charge is -2.37. The predicted molar refractivity (Wildman–Crippen MR) is 92.8 cm³/mol. The summed E-state index contributed by atoms with van der Waals surface area (Å²) in [4.78, 5) is 2.38. The second-order valence-electron chi connectivity index (χ2n) is 8.17. The average Bonchev–Trinajstić information content (AvgIpc) is 2.97. The Morgan fingerprint density at radius 3 is 2.75 bits per heavy atom. The fourth-order valence-corrected chi connectivity index (χ4v) is 3.75. The standard InChI is InChI=1S/C18H32N4O2/c1-18(2,3)24-13-14(23)12-21-10-6-4-8-15(21)17-20-19-16-9-5-7-11-22(16)17/h14-15,23H,4-13H2,1-3H3/t14-,15-/m1/s1. The lowest BCUT2D eigenvalue weighted by atomic mass is 10.00. The summed E-state index contributed by atoms with van der Waals surface area (Å²) in [7, 11) is 0. The van der Waals surface area contributed by atoms with Crippen LogP contribution in [0.1, 0.15) is 70.6 Å². The van der Waals surface area contributed by atoms with Crippen LogP contribution in [0.25, 0.3) is 0 Å². The molecule has 0 amide bonds. The Balaban J connectivity index is 1.66. The highest BCUT2D eigenvalue weighted by molar-refractivity contribution is 5.05. The Bertz CT molecular complexity index is 538. The summed E-state index contributed by atoms with van der Waals surface area (Å²) in [5.41, 5.74) is -0.214. The highest BCUT2D eigenvalue weighted by Gasteiger charge is 2.31. The van der Waals surface area contributed by atoms with Crippen molar-refractivity contribution in [3.8, 4) is 0 Å². The number of aromatic nitrogens is 3. The van der Waals surface area contributed by atoms with Crippen LogP contribution in [0.5, 0.6) is 0 Å². The molecule has 136 valence electrons. The normalized spacial score (nSPS) is 23.9. The molecule has 3 heterocycles. The summed E-state index contributed by atoms with van der Waals surface area (Å²) in [6.07, 6.45) is 6.52. The van der Waals surface area contributed by atoms with E-state index in [1.807, 2.05) is 20.8 Å². The van der Waals surface area contributed by atoms with Crippen molar-refractivity contribution in [3.05, 3.63) is 11.6 Å². The van der Waals surface area contributed by atoms with Gasteiger partial charge in [0.2, 0.25) is 0 Å². The van der Waals surface area contributed by atoms with Crippen LogP contribution < -0.4 is 0 Å². The van der Waals surface area contributed by atoms with Crippen molar-refractivity contribution in [2.75, 3.05) is 19.7 Å². The smallest absolute Gasteiger partial charge is 0.150 e. The van der Waals surface area contributed by atoms with E-state index in [-0.39, 0.29) is 11.6 Å².